The largest absolute Gasteiger partial charge is 0.379 e. The van der Waals surface area contributed by atoms with E-state index in [-0.39, 0.29) is 42.5 Å². The third-order valence-electron chi connectivity index (χ3n) is 3.78. The summed E-state index contributed by atoms with van der Waals surface area (Å²) >= 11 is 0. The summed E-state index contributed by atoms with van der Waals surface area (Å²) in [5.41, 5.74) is 0.778. The molecule has 0 aromatic heterocycles. The average molecular weight is 476 g/mol. The highest BCUT2D eigenvalue weighted by molar-refractivity contribution is 14.0. The summed E-state index contributed by atoms with van der Waals surface area (Å²) in [7, 11) is 1.68. The molecule has 1 aromatic carbocycles. The van der Waals surface area contributed by atoms with E-state index in [4.69, 9.17) is 9.47 Å². The van der Waals surface area contributed by atoms with Gasteiger partial charge in [-0.05, 0) is 31.4 Å². The zero-order valence-electron chi connectivity index (χ0n) is 15.2. The van der Waals surface area contributed by atoms with Gasteiger partial charge < -0.3 is 25.4 Å². The molecule has 2 rings (SSSR count). The number of hydrogen-bond acceptors (Lipinski definition) is 4. The van der Waals surface area contributed by atoms with E-state index < -0.39 is 0 Å². The van der Waals surface area contributed by atoms with Crippen LogP contribution in [-0.2, 0) is 14.3 Å². The van der Waals surface area contributed by atoms with Crippen LogP contribution < -0.4 is 16.0 Å². The van der Waals surface area contributed by atoms with Gasteiger partial charge in [0, 0.05) is 32.5 Å². The molecule has 1 aliphatic heterocycles. The van der Waals surface area contributed by atoms with Crippen LogP contribution in [0.4, 0.5) is 5.69 Å². The smallest absolute Gasteiger partial charge is 0.243 e. The van der Waals surface area contributed by atoms with Crippen LogP contribution >= 0.6 is 24.0 Å². The predicted octanol–water partition coefficient (Wildman–Crippen LogP) is 1.99. The molecule has 0 aliphatic carbocycles. The van der Waals surface area contributed by atoms with Crippen molar-refractivity contribution in [3.63, 3.8) is 0 Å². The molecule has 3 N–H and O–H groups in total. The van der Waals surface area contributed by atoms with Gasteiger partial charge in [0.2, 0.25) is 5.91 Å². The fourth-order valence-corrected chi connectivity index (χ4v) is 2.48. The van der Waals surface area contributed by atoms with Crippen molar-refractivity contribution < 1.29 is 14.3 Å². The van der Waals surface area contributed by atoms with Crippen LogP contribution in [0, 0.1) is 0 Å². The fraction of sp³-hybridized carbons (Fsp3) is 0.556. The Morgan fingerprint density at radius 1 is 1.31 bits per heavy atom. The van der Waals surface area contributed by atoms with Crippen LogP contribution in [-0.4, -0.2) is 57.9 Å². The Morgan fingerprint density at radius 3 is 2.81 bits per heavy atom. The zero-order valence-corrected chi connectivity index (χ0v) is 17.5. The molecule has 0 bridgehead atoms. The summed E-state index contributed by atoms with van der Waals surface area (Å²) in [6.45, 7) is 3.09. The lowest BCUT2D eigenvalue weighted by Crippen LogP contribution is -2.41. The van der Waals surface area contributed by atoms with Crippen molar-refractivity contribution in [2.24, 2.45) is 4.99 Å². The summed E-state index contributed by atoms with van der Waals surface area (Å²) in [6, 6.07) is 9.36. The molecule has 1 aromatic rings. The highest BCUT2D eigenvalue weighted by Gasteiger charge is 2.14. The van der Waals surface area contributed by atoms with Gasteiger partial charge in [0.1, 0.15) is 0 Å². The number of carbonyl (C=O) groups is 1. The van der Waals surface area contributed by atoms with Crippen molar-refractivity contribution in [1.29, 1.82) is 0 Å². The number of hydrogen-bond donors (Lipinski definition) is 3. The molecule has 1 unspecified atom stereocenters. The maximum atomic E-state index is 11.9. The second-order valence-electron chi connectivity index (χ2n) is 5.83. The Morgan fingerprint density at radius 2 is 2.12 bits per heavy atom. The van der Waals surface area contributed by atoms with Crippen molar-refractivity contribution in [3.8, 4) is 0 Å². The summed E-state index contributed by atoms with van der Waals surface area (Å²) < 4.78 is 11.1. The first-order chi connectivity index (χ1) is 12.3. The molecule has 1 heterocycles. The first-order valence-electron chi connectivity index (χ1n) is 8.76. The Labute approximate surface area is 172 Å². The zero-order chi connectivity index (χ0) is 17.7. The number of para-hydroxylation sites is 1. The van der Waals surface area contributed by atoms with E-state index in [1.165, 1.54) is 0 Å². The minimum atomic E-state index is -0.117. The minimum Gasteiger partial charge on any atom is -0.379 e. The Kier molecular flexibility index (Phi) is 12.0. The number of nitrogens with zero attached hydrogens (tertiary/aromatic N) is 1. The highest BCUT2D eigenvalue weighted by Crippen LogP contribution is 2.11. The van der Waals surface area contributed by atoms with E-state index in [2.05, 4.69) is 20.9 Å². The first kappa shape index (κ1) is 22.7. The quantitative estimate of drug-likeness (QED) is 0.220. The lowest BCUT2D eigenvalue weighted by atomic mass is 10.2. The molecule has 0 spiro atoms. The van der Waals surface area contributed by atoms with E-state index >= 15 is 0 Å². The van der Waals surface area contributed by atoms with Crippen molar-refractivity contribution in [3.05, 3.63) is 30.3 Å². The van der Waals surface area contributed by atoms with Gasteiger partial charge in [0.05, 0.1) is 19.3 Å². The van der Waals surface area contributed by atoms with Gasteiger partial charge in [-0.1, -0.05) is 18.2 Å². The van der Waals surface area contributed by atoms with Gasteiger partial charge in [-0.2, -0.15) is 0 Å². The number of halogens is 1. The third kappa shape index (κ3) is 9.35. The number of benzene rings is 1. The number of anilines is 1. The number of nitrogens with one attached hydrogen (secondary N) is 3. The Balaban J connectivity index is 0.00000338. The molecule has 8 heteroatoms. The normalized spacial score (nSPS) is 16.7. The van der Waals surface area contributed by atoms with Crippen LogP contribution in [0.2, 0.25) is 0 Å². The lowest BCUT2D eigenvalue weighted by Gasteiger charge is -2.13. The van der Waals surface area contributed by atoms with Crippen molar-refractivity contribution in [2.45, 2.75) is 25.4 Å². The molecule has 26 heavy (non-hydrogen) atoms. The average Bonchev–Trinajstić information content (AvgIpc) is 3.15. The van der Waals surface area contributed by atoms with Crippen LogP contribution in [0.3, 0.4) is 0 Å². The molecule has 1 fully saturated rings. The molecule has 0 radical (unpaired) electrons. The van der Waals surface area contributed by atoms with Gasteiger partial charge in [0.25, 0.3) is 0 Å². The maximum Gasteiger partial charge on any atom is 0.243 e. The summed E-state index contributed by atoms with van der Waals surface area (Å²) in [5.74, 6) is 0.483. The fourth-order valence-electron chi connectivity index (χ4n) is 2.48. The topological polar surface area (TPSA) is 84.0 Å². The van der Waals surface area contributed by atoms with Crippen LogP contribution in [0.15, 0.2) is 35.3 Å². The predicted molar refractivity (Wildman–Crippen MR) is 114 cm³/mol. The van der Waals surface area contributed by atoms with E-state index in [0.29, 0.717) is 19.2 Å². The number of aliphatic imine (C=N–C) groups is 1. The molecule has 1 saturated heterocycles. The van der Waals surface area contributed by atoms with E-state index in [9.17, 15) is 4.79 Å². The van der Waals surface area contributed by atoms with Crippen LogP contribution in [0.25, 0.3) is 0 Å². The summed E-state index contributed by atoms with van der Waals surface area (Å²) in [6.07, 6.45) is 3.37. The molecule has 146 valence electrons. The van der Waals surface area contributed by atoms with Gasteiger partial charge in [0.15, 0.2) is 5.96 Å². The van der Waals surface area contributed by atoms with E-state index in [1.807, 2.05) is 30.3 Å². The number of ether oxygens (including phenoxy) is 2. The molecule has 7 nitrogen and oxygen atoms in total. The van der Waals surface area contributed by atoms with Crippen molar-refractivity contribution in [2.75, 3.05) is 45.3 Å². The number of rotatable bonds is 9. The van der Waals surface area contributed by atoms with E-state index in [1.54, 1.807) is 7.05 Å². The maximum absolute atomic E-state index is 11.9. The molecular formula is C18H29IN4O3. The second-order valence-corrected chi connectivity index (χ2v) is 5.83. The Hall–Kier alpha value is -1.39. The van der Waals surface area contributed by atoms with Gasteiger partial charge >= 0.3 is 0 Å². The van der Waals surface area contributed by atoms with Crippen molar-refractivity contribution >= 4 is 41.5 Å². The second kappa shape index (κ2) is 13.8. The summed E-state index contributed by atoms with van der Waals surface area (Å²) in [5, 5.41) is 8.97. The standard InChI is InChI=1S/C18H28N4O3.HI/c1-19-18(20-10-6-11-24-14-16-9-5-12-25-16)21-13-17(23)22-15-7-3-2-4-8-15;/h2-4,7-8,16H,5-6,9-14H2,1H3,(H,22,23)(H2,19,20,21);1H. The Bertz CT molecular complexity index is 536. The lowest BCUT2D eigenvalue weighted by molar-refractivity contribution is -0.115. The molecule has 1 aliphatic rings. The molecular weight excluding hydrogens is 447 g/mol. The molecule has 1 amide bonds. The number of amides is 1. The number of guanidine groups is 1. The van der Waals surface area contributed by atoms with Gasteiger partial charge in [-0.25, -0.2) is 0 Å². The molecule has 1 atom stereocenters. The van der Waals surface area contributed by atoms with Crippen LogP contribution in [0.1, 0.15) is 19.3 Å². The summed E-state index contributed by atoms with van der Waals surface area (Å²) in [4.78, 5) is 16.0. The van der Waals surface area contributed by atoms with Gasteiger partial charge in [-0.3, -0.25) is 9.79 Å². The monoisotopic (exact) mass is 476 g/mol. The third-order valence-corrected chi connectivity index (χ3v) is 3.78. The molecule has 0 saturated carbocycles. The van der Waals surface area contributed by atoms with E-state index in [0.717, 1.165) is 38.1 Å². The van der Waals surface area contributed by atoms with Crippen molar-refractivity contribution in [1.82, 2.24) is 10.6 Å². The number of carbonyl (C=O) groups excluding carboxylic acids is 1. The van der Waals surface area contributed by atoms with Crippen LogP contribution in [0.5, 0.6) is 0 Å². The minimum absolute atomic E-state index is 0. The highest BCUT2D eigenvalue weighted by atomic mass is 127. The SMILES string of the molecule is CN=C(NCCCOCC1CCCO1)NCC(=O)Nc1ccccc1.I. The first-order valence-corrected chi connectivity index (χ1v) is 8.76. The van der Waals surface area contributed by atoms with Gasteiger partial charge in [-0.15, -0.1) is 24.0 Å².